The third kappa shape index (κ3) is 49.7. The van der Waals surface area contributed by atoms with Crippen molar-refractivity contribution < 1.29 is 28.6 Å². The SMILES string of the molecule is CCC(C)CCCCCCCCC(=O)OC[C@@H](COC(=O)CCCCCCCCCCCCCCCCCCC(C)C)OC(=O)CCCCCCCCCCCCCCCC(C)C. The monoisotopic (exact) mass is 891 g/mol. The van der Waals surface area contributed by atoms with Gasteiger partial charge in [0.25, 0.3) is 0 Å². The van der Waals surface area contributed by atoms with Crippen LogP contribution in [0.3, 0.4) is 0 Å². The van der Waals surface area contributed by atoms with Gasteiger partial charge in [0, 0.05) is 19.3 Å². The highest BCUT2D eigenvalue weighted by Crippen LogP contribution is 2.18. The largest absolute Gasteiger partial charge is 0.462 e. The minimum atomic E-state index is -0.764. The molecule has 0 aliphatic rings. The average molecular weight is 892 g/mol. The molecule has 0 radical (unpaired) electrons. The number of rotatable bonds is 50. The maximum Gasteiger partial charge on any atom is 0.306 e. The molecule has 0 bridgehead atoms. The molecule has 6 heteroatoms. The van der Waals surface area contributed by atoms with Crippen LogP contribution in [0.15, 0.2) is 0 Å². The third-order valence-electron chi connectivity index (χ3n) is 13.3. The van der Waals surface area contributed by atoms with E-state index in [-0.39, 0.29) is 31.1 Å². The Morgan fingerprint density at radius 3 is 0.825 bits per heavy atom. The van der Waals surface area contributed by atoms with Gasteiger partial charge in [0.1, 0.15) is 13.2 Å². The van der Waals surface area contributed by atoms with Gasteiger partial charge in [-0.05, 0) is 37.0 Å². The number of hydrogen-bond donors (Lipinski definition) is 0. The second-order valence-corrected chi connectivity index (χ2v) is 20.8. The van der Waals surface area contributed by atoms with Gasteiger partial charge in [0.2, 0.25) is 0 Å². The van der Waals surface area contributed by atoms with Crippen molar-refractivity contribution in [1.29, 1.82) is 0 Å². The fourth-order valence-corrected chi connectivity index (χ4v) is 8.61. The average Bonchev–Trinajstić information content (AvgIpc) is 3.25. The summed E-state index contributed by atoms with van der Waals surface area (Å²) < 4.78 is 16.9. The third-order valence-corrected chi connectivity index (χ3v) is 13.3. The zero-order valence-electron chi connectivity index (χ0n) is 43.4. The molecular formula is C57H110O6. The lowest BCUT2D eigenvalue weighted by Crippen LogP contribution is -2.30. The summed E-state index contributed by atoms with van der Waals surface area (Å²) in [4.78, 5) is 38.0. The van der Waals surface area contributed by atoms with Crippen LogP contribution in [0.5, 0.6) is 0 Å². The second kappa shape index (κ2) is 48.3. The molecule has 0 aliphatic carbocycles. The van der Waals surface area contributed by atoms with E-state index in [4.69, 9.17) is 14.2 Å². The first-order chi connectivity index (χ1) is 30.6. The minimum absolute atomic E-state index is 0.0644. The summed E-state index contributed by atoms with van der Waals surface area (Å²) in [7, 11) is 0. The molecule has 63 heavy (non-hydrogen) atoms. The fraction of sp³-hybridized carbons (Fsp3) is 0.947. The van der Waals surface area contributed by atoms with Crippen LogP contribution in [0.2, 0.25) is 0 Å². The Kier molecular flexibility index (Phi) is 47.1. The van der Waals surface area contributed by atoms with E-state index in [9.17, 15) is 14.4 Å². The van der Waals surface area contributed by atoms with Gasteiger partial charge in [-0.15, -0.1) is 0 Å². The van der Waals surface area contributed by atoms with E-state index in [0.29, 0.717) is 19.3 Å². The Labute approximate surface area is 393 Å². The van der Waals surface area contributed by atoms with Crippen molar-refractivity contribution in [3.63, 3.8) is 0 Å². The van der Waals surface area contributed by atoms with E-state index in [1.807, 2.05) is 0 Å². The first-order valence-corrected chi connectivity index (χ1v) is 28.1. The van der Waals surface area contributed by atoms with Crippen molar-refractivity contribution in [2.75, 3.05) is 13.2 Å². The van der Waals surface area contributed by atoms with Crippen LogP contribution in [0.1, 0.15) is 311 Å². The standard InChI is InChI=1S/C57H110O6/c1-7-53(6)45-39-33-29-30-35-41-47-56(59)62-50-54(63-57(60)48-42-36-28-24-20-16-12-14-18-22-26-32-38-44-52(4)5)49-61-55(58)46-40-34-27-23-19-15-11-9-8-10-13-17-21-25-31-37-43-51(2)3/h51-54H,7-50H2,1-6H3/t53?,54-/m1/s1. The zero-order valence-corrected chi connectivity index (χ0v) is 43.4. The molecule has 0 saturated carbocycles. The van der Waals surface area contributed by atoms with Crippen molar-refractivity contribution in [3.8, 4) is 0 Å². The predicted octanol–water partition coefficient (Wildman–Crippen LogP) is 18.3. The summed E-state index contributed by atoms with van der Waals surface area (Å²) in [5.74, 6) is 1.66. The molecule has 0 aromatic heterocycles. The van der Waals surface area contributed by atoms with E-state index in [1.54, 1.807) is 0 Å². The Hall–Kier alpha value is -1.59. The first kappa shape index (κ1) is 61.4. The van der Waals surface area contributed by atoms with Crippen LogP contribution in [-0.2, 0) is 28.6 Å². The Morgan fingerprint density at radius 1 is 0.317 bits per heavy atom. The van der Waals surface area contributed by atoms with E-state index >= 15 is 0 Å². The Bertz CT molecular complexity index is 978. The second-order valence-electron chi connectivity index (χ2n) is 20.8. The van der Waals surface area contributed by atoms with Crippen molar-refractivity contribution in [1.82, 2.24) is 0 Å². The molecule has 2 atom stereocenters. The number of hydrogen-bond acceptors (Lipinski definition) is 6. The smallest absolute Gasteiger partial charge is 0.306 e. The molecule has 6 nitrogen and oxygen atoms in total. The number of unbranched alkanes of at least 4 members (excludes halogenated alkanes) is 32. The summed E-state index contributed by atoms with van der Waals surface area (Å²) in [6.45, 7) is 13.7. The summed E-state index contributed by atoms with van der Waals surface area (Å²) in [5, 5.41) is 0. The molecule has 0 aliphatic heterocycles. The summed E-state index contributed by atoms with van der Waals surface area (Å²) in [6.07, 6.45) is 49.5. The highest BCUT2D eigenvalue weighted by atomic mass is 16.6. The van der Waals surface area contributed by atoms with Crippen LogP contribution >= 0.6 is 0 Å². The van der Waals surface area contributed by atoms with E-state index < -0.39 is 6.10 Å². The van der Waals surface area contributed by atoms with Crippen LogP contribution in [0, 0.1) is 17.8 Å². The quantitative estimate of drug-likeness (QED) is 0.0344. The highest BCUT2D eigenvalue weighted by Gasteiger charge is 2.19. The minimum Gasteiger partial charge on any atom is -0.462 e. The van der Waals surface area contributed by atoms with Crippen molar-refractivity contribution in [2.45, 2.75) is 317 Å². The highest BCUT2D eigenvalue weighted by molar-refractivity contribution is 5.71. The number of ether oxygens (including phenoxy) is 3. The van der Waals surface area contributed by atoms with Gasteiger partial charge in [-0.2, -0.15) is 0 Å². The molecule has 0 amide bonds. The van der Waals surface area contributed by atoms with Gasteiger partial charge in [0.15, 0.2) is 6.10 Å². The Balaban J connectivity index is 4.25. The molecular weight excluding hydrogens is 781 g/mol. The zero-order chi connectivity index (χ0) is 46.3. The lowest BCUT2D eigenvalue weighted by atomic mass is 10.00. The molecule has 374 valence electrons. The van der Waals surface area contributed by atoms with Crippen LogP contribution < -0.4 is 0 Å². The molecule has 0 aromatic rings. The van der Waals surface area contributed by atoms with E-state index in [2.05, 4.69) is 41.5 Å². The van der Waals surface area contributed by atoms with Gasteiger partial charge in [-0.3, -0.25) is 14.4 Å². The normalized spacial score (nSPS) is 12.6. The molecule has 0 heterocycles. The number of carbonyl (C=O) groups is 3. The van der Waals surface area contributed by atoms with Crippen molar-refractivity contribution in [3.05, 3.63) is 0 Å². The van der Waals surface area contributed by atoms with Gasteiger partial charge in [-0.1, -0.05) is 273 Å². The molecule has 0 saturated heterocycles. The molecule has 1 unspecified atom stereocenters. The molecule has 0 aromatic carbocycles. The van der Waals surface area contributed by atoms with Gasteiger partial charge in [-0.25, -0.2) is 0 Å². The maximum absolute atomic E-state index is 12.8. The van der Waals surface area contributed by atoms with Gasteiger partial charge in [0.05, 0.1) is 0 Å². The van der Waals surface area contributed by atoms with Crippen molar-refractivity contribution in [2.24, 2.45) is 17.8 Å². The van der Waals surface area contributed by atoms with E-state index in [1.165, 1.54) is 193 Å². The Morgan fingerprint density at radius 2 is 0.556 bits per heavy atom. The fourth-order valence-electron chi connectivity index (χ4n) is 8.61. The van der Waals surface area contributed by atoms with Crippen LogP contribution in [0.25, 0.3) is 0 Å². The summed E-state index contributed by atoms with van der Waals surface area (Å²) >= 11 is 0. The molecule has 0 N–H and O–H groups in total. The molecule has 0 fully saturated rings. The van der Waals surface area contributed by atoms with Gasteiger partial charge < -0.3 is 14.2 Å². The summed E-state index contributed by atoms with van der Waals surface area (Å²) in [5.41, 5.74) is 0. The van der Waals surface area contributed by atoms with Crippen LogP contribution in [0.4, 0.5) is 0 Å². The molecule has 0 spiro atoms. The number of esters is 3. The lowest BCUT2D eigenvalue weighted by molar-refractivity contribution is -0.167. The lowest BCUT2D eigenvalue weighted by Gasteiger charge is -2.18. The van der Waals surface area contributed by atoms with Crippen LogP contribution in [-0.4, -0.2) is 37.2 Å². The van der Waals surface area contributed by atoms with Crippen molar-refractivity contribution >= 4 is 17.9 Å². The first-order valence-electron chi connectivity index (χ1n) is 28.1. The van der Waals surface area contributed by atoms with E-state index in [0.717, 1.165) is 75.5 Å². The maximum atomic E-state index is 12.8. The molecule has 0 rings (SSSR count). The predicted molar refractivity (Wildman–Crippen MR) is 270 cm³/mol. The number of carbonyl (C=O) groups excluding carboxylic acids is 3. The van der Waals surface area contributed by atoms with Gasteiger partial charge >= 0.3 is 17.9 Å². The summed E-state index contributed by atoms with van der Waals surface area (Å²) in [6, 6.07) is 0. The topological polar surface area (TPSA) is 78.9 Å².